The number of benzene rings is 1. The zero-order valence-electron chi connectivity index (χ0n) is 15.2. The summed E-state index contributed by atoms with van der Waals surface area (Å²) in [4.78, 5) is 15.6. The van der Waals surface area contributed by atoms with Gasteiger partial charge in [-0.3, -0.25) is 0 Å². The second-order valence-electron chi connectivity index (χ2n) is 7.34. The lowest BCUT2D eigenvalue weighted by molar-refractivity contribution is 0.0687. The monoisotopic (exact) mass is 389 g/mol. The SMILES string of the molecule is C[Si](C)(C)CCOCn1ncc2cc(Sc3cc[nH]c3C(=O)O)ccc21. The minimum Gasteiger partial charge on any atom is -0.477 e. The highest BCUT2D eigenvalue weighted by Crippen LogP contribution is 2.32. The van der Waals surface area contributed by atoms with Crippen LogP contribution in [0.2, 0.25) is 25.7 Å². The van der Waals surface area contributed by atoms with Gasteiger partial charge in [0, 0.05) is 36.1 Å². The molecule has 0 aliphatic carbocycles. The number of nitrogens with zero attached hydrogens (tertiary/aromatic N) is 2. The highest BCUT2D eigenvalue weighted by molar-refractivity contribution is 7.99. The molecule has 1 aromatic carbocycles. The number of rotatable bonds is 8. The van der Waals surface area contributed by atoms with Crippen molar-refractivity contribution < 1.29 is 14.6 Å². The molecule has 3 rings (SSSR count). The second-order valence-corrected chi connectivity index (χ2v) is 14.1. The van der Waals surface area contributed by atoms with Crippen LogP contribution in [0.5, 0.6) is 0 Å². The molecule has 0 radical (unpaired) electrons. The van der Waals surface area contributed by atoms with Crippen molar-refractivity contribution in [3.63, 3.8) is 0 Å². The van der Waals surface area contributed by atoms with Crippen molar-refractivity contribution in [3.05, 3.63) is 42.4 Å². The summed E-state index contributed by atoms with van der Waals surface area (Å²) in [6.45, 7) is 8.20. The first-order valence-corrected chi connectivity index (χ1v) is 13.0. The smallest absolute Gasteiger partial charge is 0.353 e. The summed E-state index contributed by atoms with van der Waals surface area (Å²) in [6, 6.07) is 8.90. The average Bonchev–Trinajstić information content (AvgIpc) is 3.17. The molecular weight excluding hydrogens is 366 g/mol. The molecule has 0 fully saturated rings. The number of nitrogens with one attached hydrogen (secondary N) is 1. The molecule has 138 valence electrons. The van der Waals surface area contributed by atoms with Crippen LogP contribution < -0.4 is 0 Å². The van der Waals surface area contributed by atoms with Gasteiger partial charge in [-0.1, -0.05) is 31.4 Å². The average molecular weight is 390 g/mol. The number of aromatic carboxylic acids is 1. The minimum absolute atomic E-state index is 0.210. The van der Waals surface area contributed by atoms with Gasteiger partial charge in [-0.25, -0.2) is 9.48 Å². The number of carboxylic acids is 1. The number of aromatic amines is 1. The number of carboxylic acid groups (broad SMARTS) is 1. The van der Waals surface area contributed by atoms with Gasteiger partial charge in [0.15, 0.2) is 0 Å². The van der Waals surface area contributed by atoms with Gasteiger partial charge in [-0.05, 0) is 30.3 Å². The molecule has 0 unspecified atom stereocenters. The fourth-order valence-corrected chi connectivity index (χ4v) is 4.21. The van der Waals surface area contributed by atoms with Crippen molar-refractivity contribution in [2.45, 2.75) is 42.2 Å². The molecule has 2 heterocycles. The van der Waals surface area contributed by atoms with Gasteiger partial charge < -0.3 is 14.8 Å². The van der Waals surface area contributed by atoms with Crippen molar-refractivity contribution >= 4 is 36.7 Å². The fourth-order valence-electron chi connectivity index (χ4n) is 2.50. The van der Waals surface area contributed by atoms with E-state index in [0.29, 0.717) is 11.6 Å². The zero-order chi connectivity index (χ0) is 18.7. The Morgan fingerprint density at radius 1 is 1.35 bits per heavy atom. The highest BCUT2D eigenvalue weighted by atomic mass is 32.2. The van der Waals surface area contributed by atoms with Crippen molar-refractivity contribution in [1.29, 1.82) is 0 Å². The third-order valence-electron chi connectivity index (χ3n) is 3.97. The Labute approximate surface area is 157 Å². The molecular formula is C18H23N3O3SSi. The second kappa shape index (κ2) is 7.69. The number of H-pyrrole nitrogens is 1. The Balaban J connectivity index is 1.69. The summed E-state index contributed by atoms with van der Waals surface area (Å²) in [5.74, 6) is -0.957. The summed E-state index contributed by atoms with van der Waals surface area (Å²) in [5, 5.41) is 14.6. The molecule has 26 heavy (non-hydrogen) atoms. The van der Waals surface area contributed by atoms with Crippen LogP contribution in [0.3, 0.4) is 0 Å². The Kier molecular flexibility index (Phi) is 5.54. The number of fused-ring (bicyclic) bond motifs is 1. The topological polar surface area (TPSA) is 80.1 Å². The lowest BCUT2D eigenvalue weighted by Gasteiger charge is -2.15. The molecule has 6 nitrogen and oxygen atoms in total. The Bertz CT molecular complexity index is 914. The van der Waals surface area contributed by atoms with Crippen LogP contribution in [0.4, 0.5) is 0 Å². The lowest BCUT2D eigenvalue weighted by atomic mass is 10.2. The molecule has 8 heteroatoms. The third-order valence-corrected chi connectivity index (χ3v) is 6.73. The number of aromatic nitrogens is 3. The normalized spacial score (nSPS) is 12.0. The highest BCUT2D eigenvalue weighted by Gasteiger charge is 2.14. The quantitative estimate of drug-likeness (QED) is 0.437. The van der Waals surface area contributed by atoms with Gasteiger partial charge in [-0.15, -0.1) is 0 Å². The largest absolute Gasteiger partial charge is 0.477 e. The molecule has 3 aromatic rings. The first-order valence-electron chi connectivity index (χ1n) is 8.45. The first-order chi connectivity index (χ1) is 12.3. The van der Waals surface area contributed by atoms with E-state index in [1.165, 1.54) is 11.8 Å². The summed E-state index contributed by atoms with van der Waals surface area (Å²) in [7, 11) is -1.09. The maximum absolute atomic E-state index is 11.2. The molecule has 0 amide bonds. The maximum Gasteiger partial charge on any atom is 0.353 e. The summed E-state index contributed by atoms with van der Waals surface area (Å²) in [5.41, 5.74) is 1.22. The predicted molar refractivity (Wildman–Crippen MR) is 106 cm³/mol. The van der Waals surface area contributed by atoms with Crippen LogP contribution in [0.25, 0.3) is 10.9 Å². The van der Waals surface area contributed by atoms with Crippen molar-refractivity contribution in [2.24, 2.45) is 0 Å². The van der Waals surface area contributed by atoms with Crippen LogP contribution >= 0.6 is 11.8 Å². The van der Waals surface area contributed by atoms with E-state index in [0.717, 1.165) is 28.4 Å². The van der Waals surface area contributed by atoms with Crippen molar-refractivity contribution in [3.8, 4) is 0 Å². The van der Waals surface area contributed by atoms with Crippen molar-refractivity contribution in [1.82, 2.24) is 14.8 Å². The van der Waals surface area contributed by atoms with Gasteiger partial charge in [0.2, 0.25) is 0 Å². The number of ether oxygens (including phenoxy) is 1. The first kappa shape index (κ1) is 18.7. The third kappa shape index (κ3) is 4.57. The Morgan fingerprint density at radius 3 is 2.88 bits per heavy atom. The van der Waals surface area contributed by atoms with E-state index in [1.807, 2.05) is 29.1 Å². The van der Waals surface area contributed by atoms with Gasteiger partial charge >= 0.3 is 5.97 Å². The maximum atomic E-state index is 11.2. The molecule has 0 saturated carbocycles. The molecule has 0 spiro atoms. The Morgan fingerprint density at radius 2 is 2.15 bits per heavy atom. The van der Waals surface area contributed by atoms with E-state index in [1.54, 1.807) is 12.3 Å². The van der Waals surface area contributed by atoms with E-state index in [2.05, 4.69) is 29.7 Å². The zero-order valence-corrected chi connectivity index (χ0v) is 17.0. The van der Waals surface area contributed by atoms with Crippen LogP contribution in [0, 0.1) is 0 Å². The van der Waals surface area contributed by atoms with E-state index < -0.39 is 14.0 Å². The van der Waals surface area contributed by atoms with Crippen LogP contribution in [0.1, 0.15) is 10.5 Å². The fraction of sp³-hybridized carbons (Fsp3) is 0.333. The predicted octanol–water partition coefficient (Wildman–Crippen LogP) is 4.53. The van der Waals surface area contributed by atoms with Gasteiger partial charge in [0.05, 0.1) is 11.7 Å². The Hall–Kier alpha value is -2.03. The molecule has 0 atom stereocenters. The van der Waals surface area contributed by atoms with Gasteiger partial charge in [-0.2, -0.15) is 5.10 Å². The molecule has 2 aromatic heterocycles. The van der Waals surface area contributed by atoms with Crippen molar-refractivity contribution in [2.75, 3.05) is 6.61 Å². The molecule has 0 aliphatic heterocycles. The molecule has 0 aliphatic rings. The molecule has 0 bridgehead atoms. The van der Waals surface area contributed by atoms with E-state index >= 15 is 0 Å². The molecule has 0 saturated heterocycles. The van der Waals surface area contributed by atoms with Crippen LogP contribution in [-0.2, 0) is 11.5 Å². The summed E-state index contributed by atoms with van der Waals surface area (Å²) < 4.78 is 7.63. The van der Waals surface area contributed by atoms with Gasteiger partial charge in [0.1, 0.15) is 12.4 Å². The van der Waals surface area contributed by atoms with E-state index in [9.17, 15) is 9.90 Å². The lowest BCUT2D eigenvalue weighted by Crippen LogP contribution is -2.22. The minimum atomic E-state index is -1.09. The van der Waals surface area contributed by atoms with E-state index in [-0.39, 0.29) is 5.69 Å². The number of hydrogen-bond acceptors (Lipinski definition) is 4. The molecule has 2 N–H and O–H groups in total. The summed E-state index contributed by atoms with van der Waals surface area (Å²) in [6.07, 6.45) is 3.45. The van der Waals surface area contributed by atoms with Crippen LogP contribution in [0.15, 0.2) is 46.5 Å². The van der Waals surface area contributed by atoms with E-state index in [4.69, 9.17) is 4.74 Å². The number of carbonyl (C=O) groups is 1. The van der Waals surface area contributed by atoms with Gasteiger partial charge in [0.25, 0.3) is 0 Å². The summed E-state index contributed by atoms with van der Waals surface area (Å²) >= 11 is 1.42. The standard InChI is InChI=1S/C18H23N3O3SSi/c1-26(2,3)9-8-24-12-21-15-5-4-14(10-13(15)11-20-21)25-16-6-7-19-17(16)18(22)23/h4-7,10-11,19H,8-9,12H2,1-3H3,(H,22,23). The van der Waals surface area contributed by atoms with Crippen LogP contribution in [-0.4, -0.2) is 40.5 Å². The number of hydrogen-bond donors (Lipinski definition) is 2.